The maximum Gasteiger partial charge on any atom is 0.253 e. The summed E-state index contributed by atoms with van der Waals surface area (Å²) in [4.78, 5) is 16.4. The number of hydrogen-bond acceptors (Lipinski definition) is 4. The third-order valence-electron chi connectivity index (χ3n) is 3.50. The van der Waals surface area contributed by atoms with E-state index in [9.17, 15) is 4.79 Å². The summed E-state index contributed by atoms with van der Waals surface area (Å²) in [5, 5.41) is 11.9. The van der Waals surface area contributed by atoms with Gasteiger partial charge in [0.05, 0.1) is 6.61 Å². The molecule has 1 aliphatic rings. The van der Waals surface area contributed by atoms with Crippen LogP contribution in [-0.2, 0) is 0 Å². The number of hydrogen-bond donors (Lipinski definition) is 2. The van der Waals surface area contributed by atoms with Crippen molar-refractivity contribution in [3.05, 3.63) is 29.8 Å². The Morgan fingerprint density at radius 3 is 2.37 bits per heavy atom. The van der Waals surface area contributed by atoms with Crippen molar-refractivity contribution >= 4 is 11.6 Å². The molecule has 104 valence electrons. The van der Waals surface area contributed by atoms with Crippen LogP contribution in [0.5, 0.6) is 0 Å². The number of aliphatic hydroxyl groups is 1. The SMILES string of the molecule is CNc1ccc(C(=O)N2CCN(CCO)CC2)cc1. The number of benzene rings is 1. The Bertz CT molecular complexity index is 411. The Morgan fingerprint density at radius 1 is 1.21 bits per heavy atom. The largest absolute Gasteiger partial charge is 0.395 e. The highest BCUT2D eigenvalue weighted by atomic mass is 16.3. The van der Waals surface area contributed by atoms with Crippen LogP contribution in [0.4, 0.5) is 5.69 Å². The highest BCUT2D eigenvalue weighted by molar-refractivity contribution is 5.94. The number of carbonyl (C=O) groups excluding carboxylic acids is 1. The minimum atomic E-state index is 0.0892. The van der Waals surface area contributed by atoms with Gasteiger partial charge in [0.15, 0.2) is 0 Å². The zero-order chi connectivity index (χ0) is 13.7. The number of anilines is 1. The van der Waals surface area contributed by atoms with Gasteiger partial charge < -0.3 is 15.3 Å². The maximum absolute atomic E-state index is 12.3. The molecule has 1 heterocycles. The summed E-state index contributed by atoms with van der Waals surface area (Å²) in [5.74, 6) is 0.0892. The summed E-state index contributed by atoms with van der Waals surface area (Å²) in [7, 11) is 1.86. The Morgan fingerprint density at radius 2 is 1.84 bits per heavy atom. The Balaban J connectivity index is 1.93. The first-order chi connectivity index (χ1) is 9.24. The molecule has 1 amide bonds. The third kappa shape index (κ3) is 3.45. The molecule has 5 heteroatoms. The number of carbonyl (C=O) groups is 1. The molecule has 0 saturated carbocycles. The number of nitrogens with zero attached hydrogens (tertiary/aromatic N) is 2. The van der Waals surface area contributed by atoms with E-state index in [1.54, 1.807) is 0 Å². The molecule has 2 N–H and O–H groups in total. The van der Waals surface area contributed by atoms with Crippen LogP contribution in [0.15, 0.2) is 24.3 Å². The summed E-state index contributed by atoms with van der Waals surface area (Å²) < 4.78 is 0. The lowest BCUT2D eigenvalue weighted by Gasteiger charge is -2.34. The third-order valence-corrected chi connectivity index (χ3v) is 3.50. The molecule has 0 atom stereocenters. The predicted molar refractivity (Wildman–Crippen MR) is 75.4 cm³/mol. The quantitative estimate of drug-likeness (QED) is 0.829. The molecule has 1 fully saturated rings. The summed E-state index contributed by atoms with van der Waals surface area (Å²) in [6, 6.07) is 7.53. The van der Waals surface area contributed by atoms with Crippen LogP contribution in [0.1, 0.15) is 10.4 Å². The number of aliphatic hydroxyl groups excluding tert-OH is 1. The van der Waals surface area contributed by atoms with E-state index in [1.807, 2.05) is 36.2 Å². The first-order valence-electron chi connectivity index (χ1n) is 6.65. The monoisotopic (exact) mass is 263 g/mol. The van der Waals surface area contributed by atoms with Gasteiger partial charge in [-0.1, -0.05) is 0 Å². The molecule has 1 saturated heterocycles. The smallest absolute Gasteiger partial charge is 0.253 e. The molecule has 0 aromatic heterocycles. The lowest BCUT2D eigenvalue weighted by molar-refractivity contribution is 0.0615. The van der Waals surface area contributed by atoms with Crippen molar-refractivity contribution in [3.63, 3.8) is 0 Å². The normalized spacial score (nSPS) is 16.4. The zero-order valence-corrected chi connectivity index (χ0v) is 11.3. The van der Waals surface area contributed by atoms with Crippen molar-refractivity contribution in [2.45, 2.75) is 0 Å². The highest BCUT2D eigenvalue weighted by Crippen LogP contribution is 2.12. The lowest BCUT2D eigenvalue weighted by Crippen LogP contribution is -2.49. The number of nitrogens with one attached hydrogen (secondary N) is 1. The molecule has 0 aliphatic carbocycles. The molecular formula is C14H21N3O2. The molecule has 1 aliphatic heterocycles. The number of amides is 1. The van der Waals surface area contributed by atoms with Gasteiger partial charge in [-0.05, 0) is 24.3 Å². The molecule has 0 radical (unpaired) electrons. The molecule has 19 heavy (non-hydrogen) atoms. The van der Waals surface area contributed by atoms with Gasteiger partial charge in [0.25, 0.3) is 5.91 Å². The van der Waals surface area contributed by atoms with E-state index in [0.29, 0.717) is 6.54 Å². The van der Waals surface area contributed by atoms with Crippen LogP contribution in [0, 0.1) is 0 Å². The Labute approximate surface area is 113 Å². The van der Waals surface area contributed by atoms with Gasteiger partial charge in [0.1, 0.15) is 0 Å². The van der Waals surface area contributed by atoms with Gasteiger partial charge in [-0.25, -0.2) is 0 Å². The second kappa shape index (κ2) is 6.54. The Hall–Kier alpha value is -1.59. The van der Waals surface area contributed by atoms with E-state index in [1.165, 1.54) is 0 Å². The van der Waals surface area contributed by atoms with Crippen LogP contribution in [0.3, 0.4) is 0 Å². The van der Waals surface area contributed by atoms with E-state index in [4.69, 9.17) is 5.11 Å². The Kier molecular flexibility index (Phi) is 4.76. The number of rotatable bonds is 4. The first-order valence-corrected chi connectivity index (χ1v) is 6.65. The summed E-state index contributed by atoms with van der Waals surface area (Å²) >= 11 is 0. The van der Waals surface area contributed by atoms with E-state index >= 15 is 0 Å². The van der Waals surface area contributed by atoms with Crippen LogP contribution >= 0.6 is 0 Å². The standard InChI is InChI=1S/C14H21N3O2/c1-15-13-4-2-12(3-5-13)14(19)17-8-6-16(7-9-17)10-11-18/h2-5,15,18H,6-11H2,1H3. The molecule has 0 unspecified atom stereocenters. The number of piperazine rings is 1. The van der Waals surface area contributed by atoms with Crippen LogP contribution in [0.25, 0.3) is 0 Å². The molecular weight excluding hydrogens is 242 g/mol. The van der Waals surface area contributed by atoms with Crippen molar-refractivity contribution in [3.8, 4) is 0 Å². The molecule has 5 nitrogen and oxygen atoms in total. The lowest BCUT2D eigenvalue weighted by atomic mass is 10.1. The highest BCUT2D eigenvalue weighted by Gasteiger charge is 2.21. The van der Waals surface area contributed by atoms with Gasteiger partial charge in [-0.2, -0.15) is 0 Å². The fraction of sp³-hybridized carbons (Fsp3) is 0.500. The van der Waals surface area contributed by atoms with E-state index in [-0.39, 0.29) is 12.5 Å². The van der Waals surface area contributed by atoms with Crippen molar-refractivity contribution in [2.24, 2.45) is 0 Å². The average molecular weight is 263 g/mol. The van der Waals surface area contributed by atoms with Gasteiger partial charge in [-0.15, -0.1) is 0 Å². The predicted octanol–water partition coefficient (Wildman–Crippen LogP) is 0.478. The van der Waals surface area contributed by atoms with E-state index in [2.05, 4.69) is 10.2 Å². The molecule has 0 bridgehead atoms. The number of β-amino-alcohol motifs (C(OH)–C–C–N with tert-alkyl or cyclic N) is 1. The molecule has 1 aromatic rings. The van der Waals surface area contributed by atoms with Gasteiger partial charge in [0, 0.05) is 51.0 Å². The van der Waals surface area contributed by atoms with Crippen molar-refractivity contribution in [1.82, 2.24) is 9.80 Å². The topological polar surface area (TPSA) is 55.8 Å². The van der Waals surface area contributed by atoms with Gasteiger partial charge >= 0.3 is 0 Å². The maximum atomic E-state index is 12.3. The van der Waals surface area contributed by atoms with Gasteiger partial charge in [-0.3, -0.25) is 9.69 Å². The van der Waals surface area contributed by atoms with E-state index < -0.39 is 0 Å². The van der Waals surface area contributed by atoms with Crippen molar-refractivity contribution < 1.29 is 9.90 Å². The van der Waals surface area contributed by atoms with Crippen LogP contribution < -0.4 is 5.32 Å². The second-order valence-corrected chi connectivity index (χ2v) is 4.68. The van der Waals surface area contributed by atoms with Crippen molar-refractivity contribution in [1.29, 1.82) is 0 Å². The van der Waals surface area contributed by atoms with Gasteiger partial charge in [0.2, 0.25) is 0 Å². The minimum absolute atomic E-state index is 0.0892. The summed E-state index contributed by atoms with van der Waals surface area (Å²) in [6.07, 6.45) is 0. The first kappa shape index (κ1) is 13.8. The second-order valence-electron chi connectivity index (χ2n) is 4.68. The fourth-order valence-corrected chi connectivity index (χ4v) is 2.28. The van der Waals surface area contributed by atoms with Crippen LogP contribution in [0.2, 0.25) is 0 Å². The van der Waals surface area contributed by atoms with Crippen molar-refractivity contribution in [2.75, 3.05) is 51.7 Å². The van der Waals surface area contributed by atoms with Crippen LogP contribution in [-0.4, -0.2) is 67.2 Å². The summed E-state index contributed by atoms with van der Waals surface area (Å²) in [6.45, 7) is 4.00. The molecule has 1 aromatic carbocycles. The average Bonchev–Trinajstić information content (AvgIpc) is 2.48. The minimum Gasteiger partial charge on any atom is -0.395 e. The molecule has 0 spiro atoms. The zero-order valence-electron chi connectivity index (χ0n) is 11.3. The molecule has 2 rings (SSSR count). The summed E-state index contributed by atoms with van der Waals surface area (Å²) in [5.41, 5.74) is 1.74. The fourth-order valence-electron chi connectivity index (χ4n) is 2.28. The van der Waals surface area contributed by atoms with E-state index in [0.717, 1.165) is 37.4 Å².